The van der Waals surface area contributed by atoms with E-state index in [1.165, 1.54) is 0 Å². The van der Waals surface area contributed by atoms with Gasteiger partial charge in [-0.05, 0) is 19.3 Å². The number of carboxylic acids is 1. The van der Waals surface area contributed by atoms with Crippen molar-refractivity contribution < 1.29 is 19.4 Å². The maximum atomic E-state index is 12.0. The number of hydrogen-bond acceptors (Lipinski definition) is 4. The molecule has 0 radical (unpaired) electrons. The quantitative estimate of drug-likeness (QED) is 0.831. The molecule has 0 unspecified atom stereocenters. The van der Waals surface area contributed by atoms with E-state index in [2.05, 4.69) is 10.4 Å². The lowest BCUT2D eigenvalue weighted by Crippen LogP contribution is -2.30. The van der Waals surface area contributed by atoms with Gasteiger partial charge in [0.25, 0.3) is 5.91 Å². The van der Waals surface area contributed by atoms with Crippen LogP contribution in [0.25, 0.3) is 0 Å². The predicted molar refractivity (Wildman–Crippen MR) is 66.7 cm³/mol. The summed E-state index contributed by atoms with van der Waals surface area (Å²) in [4.78, 5) is 22.8. The number of nitrogens with one attached hydrogen (secondary N) is 1. The third kappa shape index (κ3) is 2.93. The van der Waals surface area contributed by atoms with Crippen LogP contribution in [0, 0.1) is 0 Å². The second-order valence-corrected chi connectivity index (χ2v) is 4.53. The number of carboxylic acid groups (broad SMARTS) is 1. The van der Waals surface area contributed by atoms with E-state index in [1.54, 1.807) is 17.9 Å². The number of nitrogens with zero attached hydrogens (tertiary/aromatic N) is 2. The SMILES string of the molecule is CCc1nn(C)cc1NC(=O)[C@@H]1CC[C@H](C(=O)O)O1. The van der Waals surface area contributed by atoms with Crippen LogP contribution < -0.4 is 5.32 Å². The molecule has 2 rings (SSSR count). The fourth-order valence-electron chi connectivity index (χ4n) is 2.12. The van der Waals surface area contributed by atoms with E-state index in [4.69, 9.17) is 9.84 Å². The first kappa shape index (κ1) is 13.5. The van der Waals surface area contributed by atoms with Crippen molar-refractivity contribution >= 4 is 17.6 Å². The molecule has 0 aliphatic carbocycles. The Morgan fingerprint density at radius 1 is 1.53 bits per heavy atom. The molecule has 2 N–H and O–H groups in total. The molecule has 0 saturated carbocycles. The highest BCUT2D eigenvalue weighted by Crippen LogP contribution is 2.22. The number of aromatic nitrogens is 2. The highest BCUT2D eigenvalue weighted by Gasteiger charge is 2.35. The molecular formula is C12H17N3O4. The zero-order valence-electron chi connectivity index (χ0n) is 10.9. The van der Waals surface area contributed by atoms with Gasteiger partial charge in [-0.2, -0.15) is 5.10 Å². The summed E-state index contributed by atoms with van der Waals surface area (Å²) in [7, 11) is 1.78. The van der Waals surface area contributed by atoms with Crippen molar-refractivity contribution in [2.24, 2.45) is 7.05 Å². The van der Waals surface area contributed by atoms with E-state index >= 15 is 0 Å². The average Bonchev–Trinajstić information content (AvgIpc) is 2.95. The van der Waals surface area contributed by atoms with Crippen LogP contribution in [0.5, 0.6) is 0 Å². The van der Waals surface area contributed by atoms with Crippen molar-refractivity contribution in [3.63, 3.8) is 0 Å². The first-order valence-electron chi connectivity index (χ1n) is 6.23. The summed E-state index contributed by atoms with van der Waals surface area (Å²) in [6, 6.07) is 0. The molecule has 1 aliphatic rings. The Balaban J connectivity index is 2.00. The molecule has 1 aromatic rings. The average molecular weight is 267 g/mol. The Morgan fingerprint density at radius 3 is 2.79 bits per heavy atom. The van der Waals surface area contributed by atoms with Gasteiger partial charge in [-0.1, -0.05) is 6.92 Å². The molecule has 1 aliphatic heterocycles. The molecular weight excluding hydrogens is 250 g/mol. The summed E-state index contributed by atoms with van der Waals surface area (Å²) in [5.74, 6) is -1.34. The van der Waals surface area contributed by atoms with Crippen LogP contribution in [0.15, 0.2) is 6.20 Å². The molecule has 7 nitrogen and oxygen atoms in total. The lowest BCUT2D eigenvalue weighted by molar-refractivity contribution is -0.150. The lowest BCUT2D eigenvalue weighted by Gasteiger charge is -2.11. The van der Waals surface area contributed by atoms with Crippen molar-refractivity contribution in [1.82, 2.24) is 9.78 Å². The molecule has 0 spiro atoms. The Morgan fingerprint density at radius 2 is 2.21 bits per heavy atom. The number of amides is 1. The third-order valence-corrected chi connectivity index (χ3v) is 3.09. The minimum absolute atomic E-state index is 0.313. The Labute approximate surface area is 110 Å². The first-order chi connectivity index (χ1) is 9.01. The molecule has 2 atom stereocenters. The van der Waals surface area contributed by atoms with E-state index in [9.17, 15) is 9.59 Å². The van der Waals surface area contributed by atoms with E-state index in [0.717, 1.165) is 5.69 Å². The molecule has 7 heteroatoms. The number of carbonyl (C=O) groups is 2. The number of aliphatic carboxylic acids is 1. The normalized spacial score (nSPS) is 22.4. The van der Waals surface area contributed by atoms with Crippen LogP contribution in [-0.2, 0) is 27.8 Å². The second-order valence-electron chi connectivity index (χ2n) is 4.53. The van der Waals surface area contributed by atoms with Crippen molar-refractivity contribution in [3.8, 4) is 0 Å². The van der Waals surface area contributed by atoms with E-state index in [0.29, 0.717) is 24.9 Å². The van der Waals surface area contributed by atoms with Gasteiger partial charge in [-0.25, -0.2) is 4.79 Å². The minimum atomic E-state index is -1.02. The summed E-state index contributed by atoms with van der Waals surface area (Å²) in [5.41, 5.74) is 1.45. The van der Waals surface area contributed by atoms with Crippen LogP contribution in [0.1, 0.15) is 25.5 Å². The zero-order chi connectivity index (χ0) is 14.0. The van der Waals surface area contributed by atoms with Crippen LogP contribution >= 0.6 is 0 Å². The summed E-state index contributed by atoms with van der Waals surface area (Å²) in [6.45, 7) is 1.95. The highest BCUT2D eigenvalue weighted by molar-refractivity contribution is 5.95. The smallest absolute Gasteiger partial charge is 0.332 e. The van der Waals surface area contributed by atoms with Crippen LogP contribution in [0.4, 0.5) is 5.69 Å². The molecule has 1 amide bonds. The van der Waals surface area contributed by atoms with Crippen molar-refractivity contribution in [2.45, 2.75) is 38.4 Å². The van der Waals surface area contributed by atoms with Gasteiger partial charge in [0.05, 0.1) is 11.4 Å². The molecule has 104 valence electrons. The van der Waals surface area contributed by atoms with Crippen LogP contribution in [0.3, 0.4) is 0 Å². The number of anilines is 1. The molecule has 0 bridgehead atoms. The molecule has 19 heavy (non-hydrogen) atoms. The highest BCUT2D eigenvalue weighted by atomic mass is 16.5. The van der Waals surface area contributed by atoms with Crippen LogP contribution in [-0.4, -0.2) is 39.0 Å². The van der Waals surface area contributed by atoms with E-state index in [-0.39, 0.29) is 5.91 Å². The van der Waals surface area contributed by atoms with Crippen molar-refractivity contribution in [3.05, 3.63) is 11.9 Å². The Bertz CT molecular complexity index is 497. The number of carbonyl (C=O) groups excluding carboxylic acids is 1. The fourth-order valence-corrected chi connectivity index (χ4v) is 2.12. The van der Waals surface area contributed by atoms with Crippen molar-refractivity contribution in [2.75, 3.05) is 5.32 Å². The third-order valence-electron chi connectivity index (χ3n) is 3.09. The summed E-state index contributed by atoms with van der Waals surface area (Å²) < 4.78 is 6.83. The fraction of sp³-hybridized carbons (Fsp3) is 0.583. The van der Waals surface area contributed by atoms with Gasteiger partial charge in [0.2, 0.25) is 0 Å². The molecule has 1 aromatic heterocycles. The van der Waals surface area contributed by atoms with Gasteiger partial charge >= 0.3 is 5.97 Å². The number of rotatable bonds is 4. The largest absolute Gasteiger partial charge is 0.479 e. The van der Waals surface area contributed by atoms with Crippen LogP contribution in [0.2, 0.25) is 0 Å². The summed E-state index contributed by atoms with van der Waals surface area (Å²) >= 11 is 0. The second kappa shape index (κ2) is 5.40. The molecule has 1 saturated heterocycles. The predicted octanol–water partition coefficient (Wildman–Crippen LogP) is 0.553. The molecule has 2 heterocycles. The lowest BCUT2D eigenvalue weighted by atomic mass is 10.2. The summed E-state index contributed by atoms with van der Waals surface area (Å²) in [6.07, 6.45) is 1.63. The zero-order valence-corrected chi connectivity index (χ0v) is 10.9. The van der Waals surface area contributed by atoms with Gasteiger partial charge in [0.1, 0.15) is 6.10 Å². The maximum absolute atomic E-state index is 12.0. The summed E-state index contributed by atoms with van der Waals surface area (Å²) in [5, 5.41) is 15.8. The maximum Gasteiger partial charge on any atom is 0.332 e. The van der Waals surface area contributed by atoms with E-state index in [1.807, 2.05) is 6.92 Å². The van der Waals surface area contributed by atoms with Gasteiger partial charge in [0, 0.05) is 13.2 Å². The molecule has 0 aromatic carbocycles. The van der Waals surface area contributed by atoms with Crippen molar-refractivity contribution in [1.29, 1.82) is 0 Å². The standard InChI is InChI=1S/C12H17N3O4/c1-3-7-8(6-15(2)14-7)13-11(16)9-4-5-10(19-9)12(17)18/h6,9-10H,3-5H2,1-2H3,(H,13,16)(H,17,18)/t9-,10+/m0/s1. The number of hydrogen-bond donors (Lipinski definition) is 2. The van der Waals surface area contributed by atoms with E-state index < -0.39 is 18.2 Å². The van der Waals surface area contributed by atoms with Gasteiger partial charge in [-0.15, -0.1) is 0 Å². The first-order valence-corrected chi connectivity index (χ1v) is 6.23. The monoisotopic (exact) mass is 267 g/mol. The Kier molecular flexibility index (Phi) is 3.84. The van der Waals surface area contributed by atoms with Gasteiger partial charge < -0.3 is 15.2 Å². The molecule has 1 fully saturated rings. The number of aryl methyl sites for hydroxylation is 2. The number of ether oxygens (including phenoxy) is 1. The van der Waals surface area contributed by atoms with Gasteiger partial charge in [0.15, 0.2) is 6.10 Å². The topological polar surface area (TPSA) is 93.5 Å². The minimum Gasteiger partial charge on any atom is -0.479 e. The Hall–Kier alpha value is -1.89. The van der Waals surface area contributed by atoms with Gasteiger partial charge in [-0.3, -0.25) is 9.48 Å².